The monoisotopic (exact) mass is 1070 g/mol. The molecule has 4 aromatic carbocycles. The van der Waals surface area contributed by atoms with Gasteiger partial charge in [-0.15, -0.1) is 23.8 Å². The van der Waals surface area contributed by atoms with Crippen LogP contribution in [0.15, 0.2) is 82.8 Å². The third-order valence-corrected chi connectivity index (χ3v) is 10.9. The van der Waals surface area contributed by atoms with Gasteiger partial charge in [-0.3, -0.25) is 14.4 Å². The number of hydrogen-bond acceptors (Lipinski definition) is 8. The van der Waals surface area contributed by atoms with E-state index in [1.807, 2.05) is 0 Å². The van der Waals surface area contributed by atoms with Crippen molar-refractivity contribution in [2.24, 2.45) is 11.8 Å². The third kappa shape index (κ3) is 23.3. The molecule has 9 nitrogen and oxygen atoms in total. The fourth-order valence-corrected chi connectivity index (χ4v) is 7.29. The molecule has 0 bridgehead atoms. The zero-order valence-corrected chi connectivity index (χ0v) is 42.9. The van der Waals surface area contributed by atoms with Gasteiger partial charge in [0, 0.05) is 70.5 Å². The first-order chi connectivity index (χ1) is 31.8. The third-order valence-electron chi connectivity index (χ3n) is 10.3. The van der Waals surface area contributed by atoms with E-state index in [1.165, 1.54) is 54.5 Å². The zero-order valence-electron chi connectivity index (χ0n) is 38.4. The van der Waals surface area contributed by atoms with E-state index in [0.717, 1.165) is 108 Å². The van der Waals surface area contributed by atoms with Crippen molar-refractivity contribution in [3.05, 3.63) is 146 Å². The van der Waals surface area contributed by atoms with Crippen LogP contribution in [0.3, 0.4) is 0 Å². The fraction of sp³-hybridized carbons (Fsp3) is 0.423. The average Bonchev–Trinajstić information content (AvgIpc) is 3.31. The fourth-order valence-electron chi connectivity index (χ4n) is 6.89. The Kier molecular flexibility index (Phi) is 29.7. The molecule has 0 aromatic heterocycles. The van der Waals surface area contributed by atoms with E-state index < -0.39 is 35.8 Å². The van der Waals surface area contributed by atoms with Gasteiger partial charge in [-0.2, -0.15) is 12.1 Å². The minimum Gasteiger partial charge on any atom is -0.478 e. The van der Waals surface area contributed by atoms with Crippen molar-refractivity contribution in [2.75, 3.05) is 46.2 Å². The zero-order chi connectivity index (χ0) is 48.3. The van der Waals surface area contributed by atoms with Crippen molar-refractivity contribution >= 4 is 46.0 Å². The van der Waals surface area contributed by atoms with Gasteiger partial charge in [0.05, 0.1) is 35.4 Å². The second-order valence-electron chi connectivity index (χ2n) is 15.7. The number of hydrogen-bond donors (Lipinski definition) is 1. The molecule has 0 atom stereocenters. The predicted octanol–water partition coefficient (Wildman–Crippen LogP) is 12.1. The van der Waals surface area contributed by atoms with E-state index >= 15 is 0 Å². The van der Waals surface area contributed by atoms with Crippen molar-refractivity contribution in [1.82, 2.24) is 0 Å². The first kappa shape index (κ1) is 59.2. The Morgan fingerprint density at radius 1 is 0.716 bits per heavy atom. The summed E-state index contributed by atoms with van der Waals surface area (Å²) >= 11 is 2.95. The van der Waals surface area contributed by atoms with Gasteiger partial charge in [0.2, 0.25) is 0 Å². The van der Waals surface area contributed by atoms with Crippen LogP contribution in [0.2, 0.25) is 0 Å². The molecule has 1 N–H and O–H groups in total. The molecule has 361 valence electrons. The number of halogens is 5. The summed E-state index contributed by atoms with van der Waals surface area (Å²) in [5.74, 6) is -3.30. The largest absolute Gasteiger partial charge is 0.478 e. The topological polar surface area (TPSA) is 125 Å². The van der Waals surface area contributed by atoms with Crippen LogP contribution in [0.1, 0.15) is 120 Å². The summed E-state index contributed by atoms with van der Waals surface area (Å²) in [5.41, 5.74) is 4.39. The maximum atomic E-state index is 13.8. The number of esters is 1. The summed E-state index contributed by atoms with van der Waals surface area (Å²) in [6, 6.07) is 20.4. The number of ketones is 1. The van der Waals surface area contributed by atoms with Gasteiger partial charge in [0.15, 0.2) is 5.78 Å². The summed E-state index contributed by atoms with van der Waals surface area (Å²) in [6.45, 7) is 10.7. The van der Waals surface area contributed by atoms with Gasteiger partial charge in [-0.1, -0.05) is 38.0 Å². The molecule has 0 unspecified atom stereocenters. The van der Waals surface area contributed by atoms with Gasteiger partial charge in [-0.05, 0) is 140 Å². The van der Waals surface area contributed by atoms with E-state index in [0.29, 0.717) is 28.2 Å². The molecule has 0 saturated carbocycles. The summed E-state index contributed by atoms with van der Waals surface area (Å²) in [7, 11) is 0. The van der Waals surface area contributed by atoms with Crippen LogP contribution in [0.4, 0.5) is 17.6 Å². The summed E-state index contributed by atoms with van der Waals surface area (Å²) in [4.78, 5) is 44.3. The second kappa shape index (κ2) is 33.6. The van der Waals surface area contributed by atoms with Crippen molar-refractivity contribution < 1.29 is 93.5 Å². The first-order valence-electron chi connectivity index (χ1n) is 22.3. The number of carbonyl (C=O) groups excluding carboxylic acids is 3. The molecule has 3 saturated heterocycles. The molecule has 4 aromatic rings. The maximum absolute atomic E-state index is 13.8. The molecule has 67 heavy (non-hydrogen) atoms. The molecule has 0 aliphatic carbocycles. The van der Waals surface area contributed by atoms with Crippen LogP contribution < -0.4 is 0 Å². The molecule has 3 aliphatic heterocycles. The standard InChI is InChI=1S/C17H21FO4.C13H15FO3.C12H12FO.C7H4BrFO.C3H8.Y/c1-2-22-17(20)11-16(19)14-10-13(3-4-15(14)18)9-12-5-7-21-8-6-12;14-12-2-1-10(8-11(12)13(15)16)7-9-3-5-17-6-4-9;13-12-3-1-10(2-4-12)9-11-5-7-14-8-6-11;8-6-3-5(4-10)1-2-7(6)9;1-3-2;/h3-4,10,12H,2,5-9,11H2,1H3;1-2,8-9H,3-7H2,(H,15,16);1-3,9H,5-8H2;1-4H;3H2,1-2H3;/q;;-1;;;. The minimum atomic E-state index is -1.21. The Morgan fingerprint density at radius 2 is 1.21 bits per heavy atom. The Labute approximate surface area is 425 Å². The molecular formula is C52H60BrF4O9Y-. The van der Waals surface area contributed by atoms with E-state index in [2.05, 4.69) is 41.9 Å². The Hall–Kier alpha value is -3.92. The SMILES string of the molecule is CCC.CCOC(=O)CC(=O)c1cc(CC2CCOCC2)ccc1F.Fc1[c-]cc(C=C2CCOCC2)cc1.O=C(O)c1cc(CC2CCOCC2)ccc1F.O=Cc1ccc(F)c(Br)c1.[Y]. The molecular weight excluding hydrogens is 1010 g/mol. The summed E-state index contributed by atoms with van der Waals surface area (Å²) in [5, 5.41) is 8.84. The number of benzene rings is 4. The van der Waals surface area contributed by atoms with Gasteiger partial charge in [0.25, 0.3) is 0 Å². The smallest absolute Gasteiger partial charge is 0.338 e. The number of aldehydes is 1. The number of carboxylic acid groups (broad SMARTS) is 1. The van der Waals surface area contributed by atoms with Gasteiger partial charge in [0.1, 0.15) is 30.2 Å². The molecule has 0 amide bonds. The molecule has 15 heteroatoms. The minimum absolute atomic E-state index is 0. The van der Waals surface area contributed by atoms with Crippen LogP contribution in [-0.4, -0.2) is 75.4 Å². The van der Waals surface area contributed by atoms with E-state index in [-0.39, 0.29) is 62.1 Å². The van der Waals surface area contributed by atoms with Gasteiger partial charge < -0.3 is 24.1 Å². The average molecular weight is 1070 g/mol. The number of carboxylic acids is 1. The van der Waals surface area contributed by atoms with Crippen molar-refractivity contribution in [1.29, 1.82) is 0 Å². The predicted molar refractivity (Wildman–Crippen MR) is 249 cm³/mol. The molecule has 0 spiro atoms. The maximum Gasteiger partial charge on any atom is 0.338 e. The van der Waals surface area contributed by atoms with Crippen molar-refractivity contribution in [3.8, 4) is 0 Å². The van der Waals surface area contributed by atoms with Crippen LogP contribution in [0.5, 0.6) is 0 Å². The van der Waals surface area contributed by atoms with Crippen LogP contribution >= 0.6 is 15.9 Å². The summed E-state index contributed by atoms with van der Waals surface area (Å²) < 4.78 is 73.0. The number of Topliss-reactive ketones (excluding diaryl/α,β-unsaturated/α-hetero) is 1. The van der Waals surface area contributed by atoms with Crippen molar-refractivity contribution in [2.45, 2.75) is 85.0 Å². The van der Waals surface area contributed by atoms with Crippen LogP contribution in [0, 0.1) is 41.2 Å². The number of rotatable bonds is 11. The van der Waals surface area contributed by atoms with Crippen LogP contribution in [0.25, 0.3) is 6.08 Å². The Morgan fingerprint density at radius 3 is 1.69 bits per heavy atom. The van der Waals surface area contributed by atoms with E-state index in [1.54, 1.807) is 37.3 Å². The first-order valence-corrected chi connectivity index (χ1v) is 23.0. The van der Waals surface area contributed by atoms with Gasteiger partial charge >= 0.3 is 11.9 Å². The quantitative estimate of drug-likeness (QED) is 0.0390. The normalized spacial score (nSPS) is 14.6. The van der Waals surface area contributed by atoms with Crippen LogP contribution in [-0.2, 0) is 69.3 Å². The van der Waals surface area contributed by atoms with E-state index in [9.17, 15) is 36.7 Å². The number of ether oxygens (including phenoxy) is 4. The molecule has 3 aliphatic rings. The van der Waals surface area contributed by atoms with E-state index in [4.69, 9.17) is 24.1 Å². The Balaban J connectivity index is 0.000000308. The number of carbonyl (C=O) groups is 4. The molecule has 7 rings (SSSR count). The molecule has 3 fully saturated rings. The molecule has 1 radical (unpaired) electrons. The van der Waals surface area contributed by atoms with Crippen molar-refractivity contribution in [3.63, 3.8) is 0 Å². The Bertz CT molecular complexity index is 2150. The molecule has 3 heterocycles. The number of aromatic carboxylic acids is 1. The van der Waals surface area contributed by atoms with Gasteiger partial charge in [-0.25, -0.2) is 22.4 Å². The second-order valence-corrected chi connectivity index (χ2v) is 16.6. The summed E-state index contributed by atoms with van der Waals surface area (Å²) in [6.07, 6.45) is 11.1.